The van der Waals surface area contributed by atoms with E-state index in [1.165, 1.54) is 5.56 Å². The van der Waals surface area contributed by atoms with Crippen molar-refractivity contribution in [1.82, 2.24) is 5.32 Å². The number of hydrogen-bond donors (Lipinski definition) is 1. The molecule has 3 heteroatoms. The fourth-order valence-electron chi connectivity index (χ4n) is 2.37. The molecule has 1 amide bonds. The van der Waals surface area contributed by atoms with Gasteiger partial charge >= 0.3 is 0 Å². The number of benzene rings is 1. The monoisotopic (exact) mass is 231 g/mol. The molecule has 1 fully saturated rings. The molecule has 3 nitrogen and oxygen atoms in total. The van der Waals surface area contributed by atoms with E-state index in [4.69, 9.17) is 4.74 Å². The number of ether oxygens (including phenoxy) is 1. The van der Waals surface area contributed by atoms with Gasteiger partial charge in [0, 0.05) is 12.5 Å². The zero-order chi connectivity index (χ0) is 11.7. The lowest BCUT2D eigenvalue weighted by Gasteiger charge is -2.25. The van der Waals surface area contributed by atoms with Crippen molar-refractivity contribution in [2.24, 2.45) is 0 Å². The predicted molar refractivity (Wildman–Crippen MR) is 65.1 cm³/mol. The Morgan fingerprint density at radius 2 is 2.12 bits per heavy atom. The third-order valence-corrected chi connectivity index (χ3v) is 3.46. The van der Waals surface area contributed by atoms with E-state index < -0.39 is 0 Å². The summed E-state index contributed by atoms with van der Waals surface area (Å²) in [6.45, 7) is 0.721. The van der Waals surface area contributed by atoms with Crippen LogP contribution in [0.25, 0.3) is 0 Å². The van der Waals surface area contributed by atoms with Crippen molar-refractivity contribution >= 4 is 5.91 Å². The van der Waals surface area contributed by atoms with Crippen LogP contribution in [-0.4, -0.2) is 18.6 Å². The van der Waals surface area contributed by atoms with E-state index in [2.05, 4.69) is 11.4 Å². The molecule has 1 atom stereocenters. The highest BCUT2D eigenvalue weighted by Crippen LogP contribution is 2.35. The van der Waals surface area contributed by atoms with Crippen molar-refractivity contribution in [3.8, 4) is 5.75 Å². The number of hydrogen-bond acceptors (Lipinski definition) is 2. The number of nitrogens with one attached hydrogen (secondary N) is 1. The summed E-state index contributed by atoms with van der Waals surface area (Å²) in [6, 6.07) is 8.51. The SMILES string of the molecule is O=C(CC1CCOc2ccccc21)NC1CC1. The van der Waals surface area contributed by atoms with Crippen molar-refractivity contribution in [2.45, 2.75) is 37.6 Å². The van der Waals surface area contributed by atoms with Gasteiger partial charge in [-0.05, 0) is 36.8 Å². The van der Waals surface area contributed by atoms with Gasteiger partial charge in [-0.15, -0.1) is 0 Å². The highest BCUT2D eigenvalue weighted by atomic mass is 16.5. The van der Waals surface area contributed by atoms with Crippen molar-refractivity contribution < 1.29 is 9.53 Å². The second-order valence-corrected chi connectivity index (χ2v) is 4.92. The molecule has 0 bridgehead atoms. The molecule has 2 aliphatic rings. The molecule has 0 aromatic heterocycles. The molecule has 1 aromatic rings. The minimum atomic E-state index is 0.189. The summed E-state index contributed by atoms with van der Waals surface area (Å²) in [5, 5.41) is 3.05. The van der Waals surface area contributed by atoms with Crippen LogP contribution in [0.1, 0.15) is 37.2 Å². The van der Waals surface area contributed by atoms with E-state index in [0.29, 0.717) is 18.4 Å². The zero-order valence-electron chi connectivity index (χ0n) is 9.82. The lowest BCUT2D eigenvalue weighted by atomic mass is 9.90. The maximum Gasteiger partial charge on any atom is 0.220 e. The average Bonchev–Trinajstić information content (AvgIpc) is 3.13. The van der Waals surface area contributed by atoms with Gasteiger partial charge in [-0.2, -0.15) is 0 Å². The minimum absolute atomic E-state index is 0.189. The molecular weight excluding hydrogens is 214 g/mol. The largest absolute Gasteiger partial charge is 0.493 e. The van der Waals surface area contributed by atoms with Crippen LogP contribution in [0.2, 0.25) is 0 Å². The number of carbonyl (C=O) groups is 1. The average molecular weight is 231 g/mol. The molecule has 1 N–H and O–H groups in total. The van der Waals surface area contributed by atoms with Crippen LogP contribution in [0.3, 0.4) is 0 Å². The van der Waals surface area contributed by atoms with Crippen molar-refractivity contribution in [3.63, 3.8) is 0 Å². The fraction of sp³-hybridized carbons (Fsp3) is 0.500. The van der Waals surface area contributed by atoms with Crippen LogP contribution >= 0.6 is 0 Å². The third-order valence-electron chi connectivity index (χ3n) is 3.46. The Morgan fingerprint density at radius 3 is 2.94 bits per heavy atom. The molecule has 1 unspecified atom stereocenters. The van der Waals surface area contributed by atoms with E-state index in [0.717, 1.165) is 31.6 Å². The Morgan fingerprint density at radius 1 is 1.29 bits per heavy atom. The second-order valence-electron chi connectivity index (χ2n) is 4.92. The number of para-hydroxylation sites is 1. The number of amides is 1. The van der Waals surface area contributed by atoms with Crippen LogP contribution in [0, 0.1) is 0 Å². The van der Waals surface area contributed by atoms with Crippen molar-refractivity contribution in [1.29, 1.82) is 0 Å². The molecular formula is C14H17NO2. The summed E-state index contributed by atoms with van der Waals surface area (Å²) in [5.41, 5.74) is 1.18. The Labute approximate surface area is 101 Å². The smallest absolute Gasteiger partial charge is 0.220 e. The molecule has 0 spiro atoms. The summed E-state index contributed by atoms with van der Waals surface area (Å²) in [4.78, 5) is 11.8. The maximum absolute atomic E-state index is 11.8. The van der Waals surface area contributed by atoms with Gasteiger partial charge in [-0.3, -0.25) is 4.79 Å². The molecule has 0 radical (unpaired) electrons. The third kappa shape index (κ3) is 2.43. The summed E-state index contributed by atoms with van der Waals surface area (Å²) in [7, 11) is 0. The summed E-state index contributed by atoms with van der Waals surface area (Å²) in [5.74, 6) is 1.45. The van der Waals surface area contributed by atoms with Crippen molar-refractivity contribution in [3.05, 3.63) is 29.8 Å². The number of carbonyl (C=O) groups excluding carboxylic acids is 1. The Kier molecular flexibility index (Phi) is 2.75. The minimum Gasteiger partial charge on any atom is -0.493 e. The van der Waals surface area contributed by atoms with Gasteiger partial charge in [0.25, 0.3) is 0 Å². The van der Waals surface area contributed by atoms with Gasteiger partial charge in [0.1, 0.15) is 5.75 Å². The van der Waals surface area contributed by atoms with Gasteiger partial charge in [0.2, 0.25) is 5.91 Å². The Hall–Kier alpha value is -1.51. The van der Waals surface area contributed by atoms with E-state index in [9.17, 15) is 4.79 Å². The summed E-state index contributed by atoms with van der Waals surface area (Å²) >= 11 is 0. The van der Waals surface area contributed by atoms with Crippen LogP contribution in [0.4, 0.5) is 0 Å². The molecule has 3 rings (SSSR count). The van der Waals surface area contributed by atoms with Gasteiger partial charge in [0.05, 0.1) is 6.61 Å². The van der Waals surface area contributed by atoms with Gasteiger partial charge in [-0.1, -0.05) is 18.2 Å². The first kappa shape index (κ1) is 10.6. The molecule has 1 aliphatic carbocycles. The molecule has 1 saturated carbocycles. The van der Waals surface area contributed by atoms with E-state index in [-0.39, 0.29) is 5.91 Å². The standard InChI is InChI=1S/C14H17NO2/c16-14(15-11-5-6-11)9-10-7-8-17-13-4-2-1-3-12(10)13/h1-4,10-11H,5-9H2,(H,15,16). The topological polar surface area (TPSA) is 38.3 Å². The fourth-order valence-corrected chi connectivity index (χ4v) is 2.37. The first-order chi connectivity index (χ1) is 8.33. The zero-order valence-corrected chi connectivity index (χ0v) is 9.82. The maximum atomic E-state index is 11.8. The Balaban J connectivity index is 1.69. The highest BCUT2D eigenvalue weighted by molar-refractivity contribution is 5.77. The quantitative estimate of drug-likeness (QED) is 0.866. The molecule has 17 heavy (non-hydrogen) atoms. The molecule has 90 valence electrons. The molecule has 1 aliphatic heterocycles. The van der Waals surface area contributed by atoms with Gasteiger partial charge < -0.3 is 10.1 Å². The van der Waals surface area contributed by atoms with E-state index >= 15 is 0 Å². The first-order valence-corrected chi connectivity index (χ1v) is 6.34. The van der Waals surface area contributed by atoms with Crippen LogP contribution in [-0.2, 0) is 4.79 Å². The number of fused-ring (bicyclic) bond motifs is 1. The highest BCUT2D eigenvalue weighted by Gasteiger charge is 2.27. The van der Waals surface area contributed by atoms with Crippen LogP contribution < -0.4 is 10.1 Å². The van der Waals surface area contributed by atoms with Crippen LogP contribution in [0.15, 0.2) is 24.3 Å². The second kappa shape index (κ2) is 4.40. The predicted octanol–water partition coefficient (Wildman–Crippen LogP) is 2.22. The van der Waals surface area contributed by atoms with Gasteiger partial charge in [0.15, 0.2) is 0 Å². The summed E-state index contributed by atoms with van der Waals surface area (Å²) in [6.07, 6.45) is 3.83. The van der Waals surface area contributed by atoms with E-state index in [1.807, 2.05) is 18.2 Å². The van der Waals surface area contributed by atoms with Gasteiger partial charge in [-0.25, -0.2) is 0 Å². The molecule has 0 saturated heterocycles. The normalized spacial score (nSPS) is 22.5. The Bertz CT molecular complexity index is 426. The molecule has 1 heterocycles. The van der Waals surface area contributed by atoms with E-state index in [1.54, 1.807) is 0 Å². The number of rotatable bonds is 3. The lowest BCUT2D eigenvalue weighted by molar-refractivity contribution is -0.121. The summed E-state index contributed by atoms with van der Waals surface area (Å²) < 4.78 is 5.60. The lowest BCUT2D eigenvalue weighted by Crippen LogP contribution is -2.28. The molecule has 1 aromatic carbocycles. The van der Waals surface area contributed by atoms with Crippen molar-refractivity contribution in [2.75, 3.05) is 6.61 Å². The van der Waals surface area contributed by atoms with Crippen LogP contribution in [0.5, 0.6) is 5.75 Å². The first-order valence-electron chi connectivity index (χ1n) is 6.34.